The minimum Gasteiger partial charge on any atom is -0.398 e. The Morgan fingerprint density at radius 2 is 1.90 bits per heavy atom. The number of hydrogen-bond acceptors (Lipinski definition) is 4. The van der Waals surface area contributed by atoms with Crippen LogP contribution in [-0.4, -0.2) is 19.9 Å². The van der Waals surface area contributed by atoms with Gasteiger partial charge in [0.1, 0.15) is 0 Å². The summed E-state index contributed by atoms with van der Waals surface area (Å²) in [5.74, 6) is 0. The van der Waals surface area contributed by atoms with Crippen LogP contribution in [0.4, 0.5) is 5.69 Å². The SMILES string of the molecule is Nc1ccc(S(=O)(=O)NCCc2ccncc2)cc1Cl. The molecule has 1 aromatic carbocycles. The molecular formula is C13H14ClN3O2S. The van der Waals surface area contributed by atoms with Crippen LogP contribution in [0.1, 0.15) is 5.56 Å². The first-order valence-electron chi connectivity index (χ1n) is 5.92. The van der Waals surface area contributed by atoms with E-state index >= 15 is 0 Å². The van der Waals surface area contributed by atoms with E-state index in [1.807, 2.05) is 12.1 Å². The summed E-state index contributed by atoms with van der Waals surface area (Å²) in [7, 11) is -3.58. The van der Waals surface area contributed by atoms with Crippen LogP contribution < -0.4 is 10.5 Å². The van der Waals surface area contributed by atoms with Crippen LogP contribution in [0.2, 0.25) is 5.02 Å². The summed E-state index contributed by atoms with van der Waals surface area (Å²) in [6, 6.07) is 7.92. The molecule has 5 nitrogen and oxygen atoms in total. The molecule has 0 saturated heterocycles. The van der Waals surface area contributed by atoms with E-state index in [0.717, 1.165) is 5.56 Å². The molecule has 2 aromatic rings. The lowest BCUT2D eigenvalue weighted by Gasteiger charge is -2.08. The largest absolute Gasteiger partial charge is 0.398 e. The standard InChI is InChI=1S/C13H14ClN3O2S/c14-12-9-11(1-2-13(12)15)20(18,19)17-8-5-10-3-6-16-7-4-10/h1-4,6-7,9,17H,5,8,15H2. The number of benzene rings is 1. The Hall–Kier alpha value is -1.63. The number of rotatable bonds is 5. The van der Waals surface area contributed by atoms with Gasteiger partial charge in [-0.05, 0) is 42.3 Å². The molecule has 2 rings (SSSR count). The van der Waals surface area contributed by atoms with Crippen molar-refractivity contribution in [1.82, 2.24) is 9.71 Å². The molecule has 0 atom stereocenters. The lowest BCUT2D eigenvalue weighted by molar-refractivity contribution is 0.581. The first-order valence-corrected chi connectivity index (χ1v) is 7.79. The second kappa shape index (κ2) is 6.21. The number of nitrogens with zero attached hydrogens (tertiary/aromatic N) is 1. The molecule has 0 bridgehead atoms. The second-order valence-electron chi connectivity index (χ2n) is 4.19. The lowest BCUT2D eigenvalue weighted by atomic mass is 10.2. The fourth-order valence-corrected chi connectivity index (χ4v) is 2.94. The third kappa shape index (κ3) is 3.69. The maximum atomic E-state index is 12.1. The number of aromatic nitrogens is 1. The molecule has 0 spiro atoms. The zero-order valence-electron chi connectivity index (χ0n) is 10.6. The Morgan fingerprint density at radius 1 is 1.20 bits per heavy atom. The van der Waals surface area contributed by atoms with Crippen molar-refractivity contribution in [2.75, 3.05) is 12.3 Å². The molecular weight excluding hydrogens is 298 g/mol. The predicted molar refractivity (Wildman–Crippen MR) is 79.0 cm³/mol. The highest BCUT2D eigenvalue weighted by atomic mass is 35.5. The van der Waals surface area contributed by atoms with Gasteiger partial charge in [0, 0.05) is 18.9 Å². The summed E-state index contributed by atoms with van der Waals surface area (Å²) in [5.41, 5.74) is 6.92. The summed E-state index contributed by atoms with van der Waals surface area (Å²) < 4.78 is 26.6. The predicted octanol–water partition coefficient (Wildman–Crippen LogP) is 1.84. The maximum absolute atomic E-state index is 12.1. The number of sulfonamides is 1. The molecule has 0 unspecified atom stereocenters. The molecule has 1 heterocycles. The third-order valence-corrected chi connectivity index (χ3v) is 4.52. The zero-order chi connectivity index (χ0) is 14.6. The molecule has 1 aromatic heterocycles. The van der Waals surface area contributed by atoms with Gasteiger partial charge in [0.25, 0.3) is 0 Å². The van der Waals surface area contributed by atoms with E-state index < -0.39 is 10.0 Å². The fraction of sp³-hybridized carbons (Fsp3) is 0.154. The van der Waals surface area contributed by atoms with Gasteiger partial charge in [-0.1, -0.05) is 11.6 Å². The number of nitrogens with two attached hydrogens (primary N) is 1. The molecule has 0 aliphatic rings. The van der Waals surface area contributed by atoms with E-state index in [2.05, 4.69) is 9.71 Å². The average Bonchev–Trinajstić information content (AvgIpc) is 2.43. The van der Waals surface area contributed by atoms with Crippen LogP contribution in [0, 0.1) is 0 Å². The first kappa shape index (κ1) is 14.8. The summed E-state index contributed by atoms with van der Waals surface area (Å²) in [4.78, 5) is 4.01. The van der Waals surface area contributed by atoms with Crippen molar-refractivity contribution in [3.63, 3.8) is 0 Å². The fourth-order valence-electron chi connectivity index (χ4n) is 1.64. The van der Waals surface area contributed by atoms with E-state index in [-0.39, 0.29) is 9.92 Å². The van der Waals surface area contributed by atoms with E-state index in [1.165, 1.54) is 18.2 Å². The smallest absolute Gasteiger partial charge is 0.240 e. The van der Waals surface area contributed by atoms with Crippen molar-refractivity contribution in [3.8, 4) is 0 Å². The highest BCUT2D eigenvalue weighted by Crippen LogP contribution is 2.22. The molecule has 0 aliphatic heterocycles. The number of halogens is 1. The number of anilines is 1. The van der Waals surface area contributed by atoms with E-state index in [1.54, 1.807) is 12.4 Å². The van der Waals surface area contributed by atoms with Gasteiger partial charge in [0.15, 0.2) is 0 Å². The number of nitrogen functional groups attached to an aromatic ring is 1. The minimum absolute atomic E-state index is 0.103. The van der Waals surface area contributed by atoms with Gasteiger partial charge in [-0.2, -0.15) is 0 Å². The molecule has 20 heavy (non-hydrogen) atoms. The topological polar surface area (TPSA) is 85.1 Å². The van der Waals surface area contributed by atoms with E-state index in [9.17, 15) is 8.42 Å². The normalized spacial score (nSPS) is 11.4. The van der Waals surface area contributed by atoms with Crippen LogP contribution in [0.5, 0.6) is 0 Å². The molecule has 0 amide bonds. The molecule has 0 aliphatic carbocycles. The van der Waals surface area contributed by atoms with Crippen molar-refractivity contribution >= 4 is 27.3 Å². The van der Waals surface area contributed by atoms with Crippen molar-refractivity contribution in [1.29, 1.82) is 0 Å². The van der Waals surface area contributed by atoms with Crippen LogP contribution >= 0.6 is 11.6 Å². The minimum atomic E-state index is -3.58. The highest BCUT2D eigenvalue weighted by Gasteiger charge is 2.14. The van der Waals surface area contributed by atoms with Crippen molar-refractivity contribution in [2.24, 2.45) is 0 Å². The molecule has 106 valence electrons. The molecule has 7 heteroatoms. The Balaban J connectivity index is 2.02. The van der Waals surface area contributed by atoms with Gasteiger partial charge >= 0.3 is 0 Å². The quantitative estimate of drug-likeness (QED) is 0.825. The number of pyridine rings is 1. The van der Waals surface area contributed by atoms with Crippen molar-refractivity contribution < 1.29 is 8.42 Å². The highest BCUT2D eigenvalue weighted by molar-refractivity contribution is 7.89. The number of nitrogens with one attached hydrogen (secondary N) is 1. The van der Waals surface area contributed by atoms with Crippen LogP contribution in [0.25, 0.3) is 0 Å². The summed E-state index contributed by atoms with van der Waals surface area (Å²) in [6.07, 6.45) is 3.93. The first-order chi connectivity index (χ1) is 9.49. The van der Waals surface area contributed by atoms with E-state index in [4.69, 9.17) is 17.3 Å². The summed E-state index contributed by atoms with van der Waals surface area (Å²) >= 11 is 5.83. The number of hydrogen-bond donors (Lipinski definition) is 2. The van der Waals surface area contributed by atoms with Gasteiger partial charge in [-0.15, -0.1) is 0 Å². The average molecular weight is 312 g/mol. The molecule has 0 fully saturated rings. The van der Waals surface area contributed by atoms with Crippen molar-refractivity contribution in [2.45, 2.75) is 11.3 Å². The van der Waals surface area contributed by atoms with Gasteiger partial charge in [-0.3, -0.25) is 4.98 Å². The van der Waals surface area contributed by atoms with Gasteiger partial charge in [0.05, 0.1) is 15.6 Å². The maximum Gasteiger partial charge on any atom is 0.240 e. The van der Waals surface area contributed by atoms with E-state index in [0.29, 0.717) is 18.7 Å². The Kier molecular flexibility index (Phi) is 4.59. The van der Waals surface area contributed by atoms with Crippen LogP contribution in [0.3, 0.4) is 0 Å². The van der Waals surface area contributed by atoms with Crippen LogP contribution in [-0.2, 0) is 16.4 Å². The summed E-state index contributed by atoms with van der Waals surface area (Å²) in [5, 5.41) is 0.224. The van der Waals surface area contributed by atoms with Crippen LogP contribution in [0.15, 0.2) is 47.6 Å². The monoisotopic (exact) mass is 311 g/mol. The van der Waals surface area contributed by atoms with Gasteiger partial charge in [-0.25, -0.2) is 13.1 Å². The van der Waals surface area contributed by atoms with Gasteiger partial charge in [0.2, 0.25) is 10.0 Å². The van der Waals surface area contributed by atoms with Gasteiger partial charge < -0.3 is 5.73 Å². The Morgan fingerprint density at radius 3 is 2.55 bits per heavy atom. The molecule has 0 saturated carbocycles. The summed E-state index contributed by atoms with van der Waals surface area (Å²) in [6.45, 7) is 0.300. The lowest BCUT2D eigenvalue weighted by Crippen LogP contribution is -2.26. The van der Waals surface area contributed by atoms with Crippen molar-refractivity contribution in [3.05, 3.63) is 53.3 Å². The molecule has 0 radical (unpaired) electrons. The zero-order valence-corrected chi connectivity index (χ0v) is 12.2. The third-order valence-electron chi connectivity index (χ3n) is 2.74. The Bertz CT molecular complexity index is 690. The molecule has 3 N–H and O–H groups in total. The second-order valence-corrected chi connectivity index (χ2v) is 6.36. The Labute approximate surface area is 122 Å².